The summed E-state index contributed by atoms with van der Waals surface area (Å²) in [4.78, 5) is 83.6. The van der Waals surface area contributed by atoms with Gasteiger partial charge in [-0.05, 0) is 43.9 Å². The molecule has 3 fully saturated rings. The minimum absolute atomic E-state index is 0.107. The van der Waals surface area contributed by atoms with Crippen molar-refractivity contribution in [1.82, 2.24) is 10.6 Å². The molecule has 2 aromatic carbocycles. The lowest BCUT2D eigenvalue weighted by Gasteiger charge is -2.30. The molecule has 45 heavy (non-hydrogen) atoms. The number of anilines is 3. The summed E-state index contributed by atoms with van der Waals surface area (Å²) >= 11 is 0. The van der Waals surface area contributed by atoms with Crippen molar-refractivity contribution in [2.45, 2.75) is 63.5 Å². The number of nitrogen functional groups attached to an aromatic ring is 1. The Morgan fingerprint density at radius 2 is 1.24 bits per heavy atom. The molecule has 0 bridgehead atoms. The molecule has 0 spiro atoms. The van der Waals surface area contributed by atoms with Gasteiger partial charge in [0.05, 0.1) is 34.7 Å². The van der Waals surface area contributed by atoms with E-state index in [0.29, 0.717) is 29.0 Å². The molecular weight excluding hydrogens is 588 g/mol. The fourth-order valence-electron chi connectivity index (χ4n) is 5.94. The third-order valence-electron chi connectivity index (χ3n) is 8.09. The van der Waals surface area contributed by atoms with Crippen LogP contribution >= 0.6 is 0 Å². The summed E-state index contributed by atoms with van der Waals surface area (Å²) in [6.45, 7) is 2.00. The zero-order valence-corrected chi connectivity index (χ0v) is 24.3. The van der Waals surface area contributed by atoms with Crippen molar-refractivity contribution in [3.8, 4) is 0 Å². The lowest BCUT2D eigenvalue weighted by atomic mass is 10.0. The van der Waals surface area contributed by atoms with Crippen molar-refractivity contribution in [3.63, 3.8) is 0 Å². The van der Waals surface area contributed by atoms with E-state index in [0.717, 1.165) is 18.8 Å². The minimum Gasteiger partial charge on any atom is -0.398 e. The van der Waals surface area contributed by atoms with Gasteiger partial charge in [0.25, 0.3) is 5.69 Å². The third kappa shape index (κ3) is 6.52. The molecule has 0 radical (unpaired) electrons. The second-order valence-electron chi connectivity index (χ2n) is 11.0. The predicted molar refractivity (Wildman–Crippen MR) is 159 cm³/mol. The number of nitrogens with one attached hydrogen (secondary N) is 2. The molecular formula is C30H32N6O9. The van der Waals surface area contributed by atoms with Gasteiger partial charge in [0, 0.05) is 43.4 Å². The summed E-state index contributed by atoms with van der Waals surface area (Å²) in [5.74, 6) is -2.14. The fourth-order valence-corrected chi connectivity index (χ4v) is 5.94. The fraction of sp³-hybridized carbons (Fsp3) is 0.400. The molecule has 15 nitrogen and oxygen atoms in total. The van der Waals surface area contributed by atoms with Crippen LogP contribution in [-0.2, 0) is 46.3 Å². The molecule has 0 saturated carbocycles. The number of nitrogens with zero attached hydrogens (tertiary/aromatic N) is 3. The number of amides is 6. The number of fused-ring (bicyclic) bond motifs is 2. The first kappa shape index (κ1) is 31.3. The van der Waals surface area contributed by atoms with Crippen LogP contribution in [0.4, 0.5) is 22.7 Å². The second kappa shape index (κ2) is 13.2. The summed E-state index contributed by atoms with van der Waals surface area (Å²) < 4.78 is 4.94. The number of rotatable bonds is 3. The van der Waals surface area contributed by atoms with E-state index >= 15 is 0 Å². The topological polar surface area (TPSA) is 211 Å². The van der Waals surface area contributed by atoms with Crippen LogP contribution in [0.5, 0.6) is 0 Å². The van der Waals surface area contributed by atoms with E-state index in [1.807, 2.05) is 0 Å². The summed E-state index contributed by atoms with van der Waals surface area (Å²) in [6, 6.07) is 8.25. The number of hydrogen-bond donors (Lipinski definition) is 3. The number of benzene rings is 2. The number of ether oxygens (including phenoxy) is 1. The highest BCUT2D eigenvalue weighted by Gasteiger charge is 2.42. The van der Waals surface area contributed by atoms with Gasteiger partial charge in [0.1, 0.15) is 12.1 Å². The Bertz CT molecular complexity index is 1580. The highest BCUT2D eigenvalue weighted by Crippen LogP contribution is 2.38. The number of nitro benzene ring substituents is 1. The Kier molecular flexibility index (Phi) is 9.18. The van der Waals surface area contributed by atoms with E-state index in [2.05, 4.69) is 10.6 Å². The maximum absolute atomic E-state index is 12.2. The lowest BCUT2D eigenvalue weighted by Crippen LogP contribution is -2.53. The van der Waals surface area contributed by atoms with Gasteiger partial charge in [-0.25, -0.2) is 0 Å². The van der Waals surface area contributed by atoms with Crippen molar-refractivity contribution in [3.05, 3.63) is 57.6 Å². The van der Waals surface area contributed by atoms with Gasteiger partial charge in [-0.3, -0.25) is 59.3 Å². The number of carbonyl (C=O) groups excluding carboxylic acids is 6. The Labute approximate surface area is 257 Å². The molecule has 5 aliphatic rings. The molecule has 4 N–H and O–H groups in total. The van der Waals surface area contributed by atoms with Crippen LogP contribution in [0, 0.1) is 10.1 Å². The molecule has 2 unspecified atom stereocenters. The minimum atomic E-state index is -0.793. The van der Waals surface area contributed by atoms with Gasteiger partial charge >= 0.3 is 0 Å². The maximum Gasteiger partial charge on any atom is 0.275 e. The van der Waals surface area contributed by atoms with Crippen LogP contribution in [-0.4, -0.2) is 65.7 Å². The van der Waals surface area contributed by atoms with Gasteiger partial charge in [0.2, 0.25) is 35.4 Å². The van der Waals surface area contributed by atoms with E-state index in [-0.39, 0.29) is 61.4 Å². The van der Waals surface area contributed by atoms with Crippen LogP contribution in [0.1, 0.15) is 49.7 Å². The molecule has 236 valence electrons. The summed E-state index contributed by atoms with van der Waals surface area (Å²) in [7, 11) is 0. The Hall–Kier alpha value is -5.18. The van der Waals surface area contributed by atoms with Gasteiger partial charge in [0.15, 0.2) is 0 Å². The number of nitrogens with two attached hydrogens (primary N) is 1. The van der Waals surface area contributed by atoms with E-state index in [1.54, 1.807) is 24.3 Å². The molecule has 0 aromatic heterocycles. The van der Waals surface area contributed by atoms with E-state index < -0.39 is 28.8 Å². The molecule has 2 atom stereocenters. The maximum atomic E-state index is 12.2. The molecule has 3 saturated heterocycles. The summed E-state index contributed by atoms with van der Waals surface area (Å²) in [5, 5.41) is 15.5. The monoisotopic (exact) mass is 620 g/mol. The molecule has 6 amide bonds. The molecule has 5 heterocycles. The number of nitro groups is 1. The number of piperidine rings is 2. The van der Waals surface area contributed by atoms with Crippen LogP contribution < -0.4 is 26.2 Å². The SMILES string of the molecule is C1CCOC1.Nc1cccc2c1CC(=O)N2C1CCC(=O)NC1=O.O=C1CCC(N2C(=O)Cc3c2cccc3[N+](=O)[O-])C(=O)N1. The Balaban J connectivity index is 0.000000154. The standard InChI is InChI=1S/C13H11N3O5.C13H13N3O3.C4H8O/c17-11-5-4-10(13(19)14-11)15-8-2-1-3-9(16(20)21)7(8)6-12(15)18;14-8-2-1-3-9-7(8)6-12(18)16(9)10-4-5-11(17)15-13(10)19;1-2-4-5-3-1/h1-3,10H,4-6H2,(H,14,17,19);1-3,10H,4-6,14H2,(H,15,17,19);1-4H2. The lowest BCUT2D eigenvalue weighted by molar-refractivity contribution is -0.385. The summed E-state index contributed by atoms with van der Waals surface area (Å²) in [5.41, 5.74) is 8.41. The predicted octanol–water partition coefficient (Wildman–Crippen LogP) is 1.05. The largest absolute Gasteiger partial charge is 0.398 e. The highest BCUT2D eigenvalue weighted by atomic mass is 16.6. The highest BCUT2D eigenvalue weighted by molar-refractivity contribution is 6.12. The van der Waals surface area contributed by atoms with Crippen molar-refractivity contribution < 1.29 is 38.4 Å². The van der Waals surface area contributed by atoms with Crippen molar-refractivity contribution in [1.29, 1.82) is 0 Å². The first-order valence-electron chi connectivity index (χ1n) is 14.6. The smallest absolute Gasteiger partial charge is 0.275 e. The van der Waals surface area contributed by atoms with Gasteiger partial charge in [-0.2, -0.15) is 0 Å². The number of carbonyl (C=O) groups is 6. The number of hydrogen-bond acceptors (Lipinski definition) is 10. The normalized spacial score (nSPS) is 22.0. The molecule has 15 heteroatoms. The van der Waals surface area contributed by atoms with Crippen molar-refractivity contribution in [2.75, 3.05) is 28.7 Å². The third-order valence-corrected chi connectivity index (χ3v) is 8.09. The Morgan fingerprint density at radius 3 is 1.71 bits per heavy atom. The van der Waals surface area contributed by atoms with Crippen molar-refractivity contribution in [2.24, 2.45) is 0 Å². The Morgan fingerprint density at radius 1 is 0.756 bits per heavy atom. The van der Waals surface area contributed by atoms with E-state index in [1.165, 1.54) is 34.8 Å². The van der Waals surface area contributed by atoms with Crippen LogP contribution in [0.3, 0.4) is 0 Å². The zero-order valence-electron chi connectivity index (χ0n) is 24.3. The van der Waals surface area contributed by atoms with E-state index in [4.69, 9.17) is 10.5 Å². The second-order valence-corrected chi connectivity index (χ2v) is 11.0. The first-order valence-corrected chi connectivity index (χ1v) is 14.6. The molecule has 2 aromatic rings. The van der Waals surface area contributed by atoms with Crippen molar-refractivity contribution >= 4 is 58.2 Å². The zero-order chi connectivity index (χ0) is 32.2. The van der Waals surface area contributed by atoms with E-state index in [9.17, 15) is 38.9 Å². The average Bonchev–Trinajstić information content (AvgIpc) is 3.75. The number of imide groups is 2. The van der Waals surface area contributed by atoms with Crippen LogP contribution in [0.2, 0.25) is 0 Å². The average molecular weight is 621 g/mol. The first-order chi connectivity index (χ1) is 21.6. The van der Waals surface area contributed by atoms with Gasteiger partial charge in [-0.15, -0.1) is 0 Å². The quantitative estimate of drug-likeness (QED) is 0.192. The molecule has 7 rings (SSSR count). The molecule has 5 aliphatic heterocycles. The van der Waals surface area contributed by atoms with Gasteiger partial charge < -0.3 is 10.5 Å². The summed E-state index contributed by atoms with van der Waals surface area (Å²) in [6.07, 6.45) is 3.62. The molecule has 0 aliphatic carbocycles. The van der Waals surface area contributed by atoms with Gasteiger partial charge in [-0.1, -0.05) is 12.1 Å². The van der Waals surface area contributed by atoms with Crippen LogP contribution in [0.25, 0.3) is 0 Å². The van der Waals surface area contributed by atoms with Crippen LogP contribution in [0.15, 0.2) is 36.4 Å².